The van der Waals surface area contributed by atoms with E-state index in [-0.39, 0.29) is 24.8 Å². The summed E-state index contributed by atoms with van der Waals surface area (Å²) < 4.78 is 5.16. The van der Waals surface area contributed by atoms with Crippen LogP contribution < -0.4 is 0 Å². The highest BCUT2D eigenvalue weighted by Crippen LogP contribution is 2.14. The molecule has 0 aromatic rings. The summed E-state index contributed by atoms with van der Waals surface area (Å²) in [7, 11) is 0. The highest BCUT2D eigenvalue weighted by atomic mass is 16.5. The van der Waals surface area contributed by atoms with Crippen LogP contribution in [0.15, 0.2) is 0 Å². The van der Waals surface area contributed by atoms with E-state index in [0.717, 1.165) is 44.9 Å². The summed E-state index contributed by atoms with van der Waals surface area (Å²) in [6.07, 6.45) is 16.7. The predicted molar refractivity (Wildman–Crippen MR) is 108 cm³/mol. The van der Waals surface area contributed by atoms with Crippen molar-refractivity contribution >= 4 is 5.97 Å². The molecule has 0 aliphatic heterocycles. The normalized spacial score (nSPS) is 13.5. The maximum atomic E-state index is 11.6. The molecule has 0 radical (unpaired) electrons. The van der Waals surface area contributed by atoms with E-state index in [2.05, 4.69) is 6.92 Å². The third-order valence-electron chi connectivity index (χ3n) is 5.02. The van der Waals surface area contributed by atoms with Gasteiger partial charge in [-0.05, 0) is 25.7 Å². The van der Waals surface area contributed by atoms with E-state index in [9.17, 15) is 9.90 Å². The van der Waals surface area contributed by atoms with Gasteiger partial charge in [0.2, 0.25) is 0 Å². The fourth-order valence-electron chi connectivity index (χ4n) is 3.16. The van der Waals surface area contributed by atoms with E-state index in [0.29, 0.717) is 12.8 Å². The quantitative estimate of drug-likeness (QED) is 0.231. The predicted octanol–water partition coefficient (Wildman–Crippen LogP) is 5.53. The van der Waals surface area contributed by atoms with Gasteiger partial charge in [0.25, 0.3) is 0 Å². The van der Waals surface area contributed by atoms with Crippen molar-refractivity contribution in [3.8, 4) is 0 Å². The lowest BCUT2D eigenvalue weighted by atomic mass is 10.0. The molecule has 0 aliphatic carbocycles. The molecule has 2 unspecified atom stereocenters. The van der Waals surface area contributed by atoms with Gasteiger partial charge in [0.15, 0.2) is 0 Å². The summed E-state index contributed by atoms with van der Waals surface area (Å²) in [4.78, 5) is 11.6. The van der Waals surface area contributed by atoms with Gasteiger partial charge < -0.3 is 14.9 Å². The molecular weight excluding hydrogens is 328 g/mol. The molecular formula is C22H44O4. The van der Waals surface area contributed by atoms with E-state index >= 15 is 0 Å². The van der Waals surface area contributed by atoms with Crippen LogP contribution in [0.5, 0.6) is 0 Å². The Bertz CT molecular complexity index is 303. The van der Waals surface area contributed by atoms with Crippen LogP contribution >= 0.6 is 0 Å². The highest BCUT2D eigenvalue weighted by molar-refractivity contribution is 5.69. The average Bonchev–Trinajstić information content (AvgIpc) is 2.64. The van der Waals surface area contributed by atoms with Crippen LogP contribution in [-0.2, 0) is 9.53 Å². The van der Waals surface area contributed by atoms with Crippen LogP contribution in [0.2, 0.25) is 0 Å². The van der Waals surface area contributed by atoms with Gasteiger partial charge in [-0.1, -0.05) is 84.5 Å². The Morgan fingerprint density at radius 3 is 1.81 bits per heavy atom. The minimum absolute atomic E-state index is 0.0903. The van der Waals surface area contributed by atoms with Gasteiger partial charge in [-0.15, -0.1) is 0 Å². The minimum Gasteiger partial charge on any atom is -0.460 e. The summed E-state index contributed by atoms with van der Waals surface area (Å²) in [5.41, 5.74) is 0. The SMILES string of the molecule is CCCCCCCCC(O)CCCCCCCCC(=O)OC(CC)CO. The second kappa shape index (κ2) is 19.2. The summed E-state index contributed by atoms with van der Waals surface area (Å²) in [5, 5.41) is 19.0. The molecule has 0 bridgehead atoms. The number of esters is 1. The number of rotatable bonds is 19. The van der Waals surface area contributed by atoms with Crippen molar-refractivity contribution in [3.05, 3.63) is 0 Å². The molecule has 0 spiro atoms. The monoisotopic (exact) mass is 372 g/mol. The maximum Gasteiger partial charge on any atom is 0.306 e. The smallest absolute Gasteiger partial charge is 0.306 e. The van der Waals surface area contributed by atoms with Crippen molar-refractivity contribution < 1.29 is 19.7 Å². The highest BCUT2D eigenvalue weighted by Gasteiger charge is 2.10. The standard InChI is InChI=1S/C22H44O4/c1-3-5-6-7-10-13-16-20(24)17-14-11-8-9-12-15-18-22(25)26-21(4-2)19-23/h20-21,23-24H,3-19H2,1-2H3. The number of aliphatic hydroxyl groups excluding tert-OH is 2. The third-order valence-corrected chi connectivity index (χ3v) is 5.02. The van der Waals surface area contributed by atoms with Gasteiger partial charge in [0, 0.05) is 6.42 Å². The van der Waals surface area contributed by atoms with E-state index in [1.807, 2.05) is 6.92 Å². The fourth-order valence-corrected chi connectivity index (χ4v) is 3.16. The Morgan fingerprint density at radius 1 is 0.808 bits per heavy atom. The van der Waals surface area contributed by atoms with Crippen molar-refractivity contribution in [1.29, 1.82) is 0 Å². The van der Waals surface area contributed by atoms with Gasteiger partial charge in [-0.3, -0.25) is 4.79 Å². The lowest BCUT2D eigenvalue weighted by Gasteiger charge is -2.13. The number of hydrogen-bond acceptors (Lipinski definition) is 4. The van der Waals surface area contributed by atoms with Gasteiger partial charge in [0.05, 0.1) is 12.7 Å². The Balaban J connectivity index is 3.33. The molecule has 0 aliphatic rings. The molecule has 0 aromatic carbocycles. The first-order chi connectivity index (χ1) is 12.6. The number of hydrogen-bond donors (Lipinski definition) is 2. The van der Waals surface area contributed by atoms with Crippen LogP contribution in [0.3, 0.4) is 0 Å². The number of aliphatic hydroxyl groups is 2. The molecule has 0 heterocycles. The minimum atomic E-state index is -0.342. The molecule has 2 N–H and O–H groups in total. The van der Waals surface area contributed by atoms with E-state index in [1.165, 1.54) is 44.9 Å². The molecule has 0 aromatic heterocycles. The third kappa shape index (κ3) is 16.8. The Labute approximate surface area is 161 Å². The molecule has 2 atom stereocenters. The zero-order valence-electron chi connectivity index (χ0n) is 17.4. The lowest BCUT2D eigenvalue weighted by molar-refractivity contribution is -0.151. The first kappa shape index (κ1) is 25.4. The van der Waals surface area contributed by atoms with Crippen LogP contribution in [-0.4, -0.2) is 35.0 Å². The topological polar surface area (TPSA) is 66.8 Å². The van der Waals surface area contributed by atoms with Gasteiger partial charge >= 0.3 is 5.97 Å². The molecule has 0 saturated carbocycles. The largest absolute Gasteiger partial charge is 0.460 e. The summed E-state index contributed by atoms with van der Waals surface area (Å²) in [5.74, 6) is -0.191. The fraction of sp³-hybridized carbons (Fsp3) is 0.955. The number of ether oxygens (including phenoxy) is 1. The summed E-state index contributed by atoms with van der Waals surface area (Å²) >= 11 is 0. The molecule has 0 saturated heterocycles. The van der Waals surface area contributed by atoms with Gasteiger partial charge in [-0.2, -0.15) is 0 Å². The van der Waals surface area contributed by atoms with E-state index in [1.54, 1.807) is 0 Å². The average molecular weight is 373 g/mol. The lowest BCUT2D eigenvalue weighted by Crippen LogP contribution is -2.20. The van der Waals surface area contributed by atoms with Crippen molar-refractivity contribution in [2.45, 2.75) is 129 Å². The van der Waals surface area contributed by atoms with Crippen LogP contribution in [0.4, 0.5) is 0 Å². The van der Waals surface area contributed by atoms with Crippen molar-refractivity contribution in [3.63, 3.8) is 0 Å². The number of carbonyl (C=O) groups is 1. The van der Waals surface area contributed by atoms with Gasteiger partial charge in [0.1, 0.15) is 6.10 Å². The molecule has 26 heavy (non-hydrogen) atoms. The van der Waals surface area contributed by atoms with Crippen molar-refractivity contribution in [1.82, 2.24) is 0 Å². The van der Waals surface area contributed by atoms with E-state index < -0.39 is 0 Å². The molecule has 4 heteroatoms. The second-order valence-corrected chi connectivity index (χ2v) is 7.57. The summed E-state index contributed by atoms with van der Waals surface area (Å²) in [6, 6.07) is 0. The molecule has 4 nitrogen and oxygen atoms in total. The molecule has 0 amide bonds. The molecule has 0 rings (SSSR count). The van der Waals surface area contributed by atoms with Crippen molar-refractivity contribution in [2.75, 3.05) is 6.61 Å². The Morgan fingerprint density at radius 2 is 1.31 bits per heavy atom. The van der Waals surface area contributed by atoms with Gasteiger partial charge in [-0.25, -0.2) is 0 Å². The summed E-state index contributed by atoms with van der Waals surface area (Å²) in [6.45, 7) is 4.05. The maximum absolute atomic E-state index is 11.6. The second-order valence-electron chi connectivity index (χ2n) is 7.57. The molecule has 0 fully saturated rings. The van der Waals surface area contributed by atoms with Crippen LogP contribution in [0.1, 0.15) is 117 Å². The number of unbranched alkanes of at least 4 members (excludes halogenated alkanes) is 10. The first-order valence-electron chi connectivity index (χ1n) is 11.1. The Hall–Kier alpha value is -0.610. The molecule has 156 valence electrons. The zero-order chi connectivity index (χ0) is 19.5. The van der Waals surface area contributed by atoms with E-state index in [4.69, 9.17) is 9.84 Å². The van der Waals surface area contributed by atoms with Crippen LogP contribution in [0.25, 0.3) is 0 Å². The first-order valence-corrected chi connectivity index (χ1v) is 11.1. The van der Waals surface area contributed by atoms with Crippen LogP contribution in [0, 0.1) is 0 Å². The Kier molecular flexibility index (Phi) is 18.7. The van der Waals surface area contributed by atoms with Crippen molar-refractivity contribution in [2.24, 2.45) is 0 Å². The zero-order valence-corrected chi connectivity index (χ0v) is 17.4. The number of carbonyl (C=O) groups excluding carboxylic acids is 1.